The molecule has 4 heteroatoms. The number of nitrogens with zero attached hydrogens (tertiary/aromatic N) is 2. The van der Waals surface area contributed by atoms with Crippen LogP contribution < -0.4 is 0 Å². The van der Waals surface area contributed by atoms with Gasteiger partial charge in [-0.25, -0.2) is 0 Å². The number of aromatic amines is 1. The summed E-state index contributed by atoms with van der Waals surface area (Å²) in [6.45, 7) is 4.24. The van der Waals surface area contributed by atoms with E-state index >= 15 is 0 Å². The van der Waals surface area contributed by atoms with Crippen molar-refractivity contribution < 1.29 is 0 Å². The summed E-state index contributed by atoms with van der Waals surface area (Å²) >= 11 is 6.16. The van der Waals surface area contributed by atoms with Crippen molar-refractivity contribution in [2.24, 2.45) is 0 Å². The van der Waals surface area contributed by atoms with Crippen LogP contribution in [0.3, 0.4) is 0 Å². The molecule has 0 amide bonds. The molecule has 3 nitrogen and oxygen atoms in total. The molecule has 0 aliphatic rings. The fourth-order valence-corrected chi connectivity index (χ4v) is 2.59. The zero-order valence-corrected chi connectivity index (χ0v) is 12.8. The minimum Gasteiger partial charge on any atom is -0.282 e. The minimum absolute atomic E-state index is 0.613. The van der Waals surface area contributed by atoms with Crippen LogP contribution in [0.2, 0.25) is 5.02 Å². The lowest BCUT2D eigenvalue weighted by atomic mass is 10.0. The summed E-state index contributed by atoms with van der Waals surface area (Å²) in [5.74, 6) is 0. The molecule has 0 atom stereocenters. The van der Waals surface area contributed by atoms with Gasteiger partial charge in [-0.15, -0.1) is 0 Å². The quantitative estimate of drug-likeness (QED) is 0.781. The average Bonchev–Trinajstić information content (AvgIpc) is 2.92. The van der Waals surface area contributed by atoms with Gasteiger partial charge in [-0.2, -0.15) is 5.10 Å². The molecule has 0 fully saturated rings. The Morgan fingerprint density at radius 3 is 2.81 bits per heavy atom. The Balaban J connectivity index is 1.89. The molecule has 3 rings (SSSR count). The maximum Gasteiger partial charge on any atom is 0.0939 e. The molecule has 0 unspecified atom stereocenters. The molecule has 0 bridgehead atoms. The first-order chi connectivity index (χ1) is 10.1. The van der Waals surface area contributed by atoms with Gasteiger partial charge < -0.3 is 0 Å². The van der Waals surface area contributed by atoms with E-state index in [1.807, 2.05) is 12.1 Å². The second kappa shape index (κ2) is 5.70. The standard InChI is InChI=1S/C17H16ClN3/c1-11-3-4-12(2)13(7-11)8-14-9-17(21-20-14)15-5-6-19-10-16(15)18/h3-7,9-10H,8H2,1-2H3,(H,20,21). The number of benzene rings is 1. The van der Waals surface area contributed by atoms with E-state index in [4.69, 9.17) is 11.6 Å². The van der Waals surface area contributed by atoms with Gasteiger partial charge in [0, 0.05) is 30.1 Å². The molecular weight excluding hydrogens is 282 g/mol. The Hall–Kier alpha value is -2.13. The summed E-state index contributed by atoms with van der Waals surface area (Å²) in [6.07, 6.45) is 4.19. The lowest BCUT2D eigenvalue weighted by Crippen LogP contribution is -1.93. The molecular formula is C17H16ClN3. The highest BCUT2D eigenvalue weighted by atomic mass is 35.5. The predicted molar refractivity (Wildman–Crippen MR) is 85.6 cm³/mol. The van der Waals surface area contributed by atoms with E-state index in [-0.39, 0.29) is 0 Å². The molecule has 0 saturated carbocycles. The summed E-state index contributed by atoms with van der Waals surface area (Å²) in [4.78, 5) is 4.00. The zero-order chi connectivity index (χ0) is 14.8. The van der Waals surface area contributed by atoms with Crippen LogP contribution in [0.15, 0.2) is 42.7 Å². The van der Waals surface area contributed by atoms with Crippen molar-refractivity contribution in [1.29, 1.82) is 0 Å². The highest BCUT2D eigenvalue weighted by molar-refractivity contribution is 6.33. The van der Waals surface area contributed by atoms with Gasteiger partial charge in [0.05, 0.1) is 10.7 Å². The topological polar surface area (TPSA) is 41.6 Å². The van der Waals surface area contributed by atoms with E-state index < -0.39 is 0 Å². The molecule has 21 heavy (non-hydrogen) atoms. The second-order valence-electron chi connectivity index (χ2n) is 5.24. The third kappa shape index (κ3) is 2.98. The zero-order valence-electron chi connectivity index (χ0n) is 12.0. The van der Waals surface area contributed by atoms with Gasteiger partial charge in [0.2, 0.25) is 0 Å². The average molecular weight is 298 g/mol. The first kappa shape index (κ1) is 13.8. The van der Waals surface area contributed by atoms with Crippen molar-refractivity contribution in [3.63, 3.8) is 0 Å². The third-order valence-corrected chi connectivity index (χ3v) is 3.87. The number of aryl methyl sites for hydroxylation is 2. The van der Waals surface area contributed by atoms with Crippen LogP contribution in [0, 0.1) is 13.8 Å². The molecule has 2 aromatic heterocycles. The van der Waals surface area contributed by atoms with Gasteiger partial charge in [0.25, 0.3) is 0 Å². The fourth-order valence-electron chi connectivity index (χ4n) is 2.37. The molecule has 2 heterocycles. The maximum absolute atomic E-state index is 6.16. The van der Waals surface area contributed by atoms with Crippen LogP contribution in [-0.2, 0) is 6.42 Å². The SMILES string of the molecule is Cc1ccc(C)c(Cc2cc(-c3ccncc3Cl)n[nH]2)c1. The van der Waals surface area contributed by atoms with E-state index in [0.717, 1.165) is 23.4 Å². The van der Waals surface area contributed by atoms with Gasteiger partial charge in [0.1, 0.15) is 0 Å². The monoisotopic (exact) mass is 297 g/mol. The molecule has 1 aromatic carbocycles. The highest BCUT2D eigenvalue weighted by Gasteiger charge is 2.09. The Labute approximate surface area is 129 Å². The minimum atomic E-state index is 0.613. The number of pyridine rings is 1. The van der Waals surface area contributed by atoms with Crippen LogP contribution >= 0.6 is 11.6 Å². The number of hydrogen-bond acceptors (Lipinski definition) is 2. The Morgan fingerprint density at radius 2 is 2.00 bits per heavy atom. The van der Waals surface area contributed by atoms with Crippen molar-refractivity contribution in [1.82, 2.24) is 15.2 Å². The number of nitrogens with one attached hydrogen (secondary N) is 1. The van der Waals surface area contributed by atoms with Crippen LogP contribution in [0.25, 0.3) is 11.3 Å². The summed E-state index contributed by atoms with van der Waals surface area (Å²) in [6, 6.07) is 10.4. The molecule has 0 aliphatic heterocycles. The van der Waals surface area contributed by atoms with Crippen LogP contribution in [0.1, 0.15) is 22.4 Å². The van der Waals surface area contributed by atoms with Gasteiger partial charge in [-0.1, -0.05) is 35.4 Å². The lowest BCUT2D eigenvalue weighted by Gasteiger charge is -2.05. The molecule has 1 N–H and O–H groups in total. The smallest absolute Gasteiger partial charge is 0.0939 e. The normalized spacial score (nSPS) is 10.8. The van der Waals surface area contributed by atoms with Crippen LogP contribution in [-0.4, -0.2) is 15.2 Å². The summed E-state index contributed by atoms with van der Waals surface area (Å²) in [7, 11) is 0. The van der Waals surface area contributed by atoms with E-state index in [2.05, 4.69) is 47.2 Å². The van der Waals surface area contributed by atoms with Crippen molar-refractivity contribution in [2.45, 2.75) is 20.3 Å². The number of halogens is 1. The Bertz CT molecular complexity index is 777. The van der Waals surface area contributed by atoms with Gasteiger partial charge in [-0.05, 0) is 37.1 Å². The molecule has 3 aromatic rings. The van der Waals surface area contributed by atoms with Crippen molar-refractivity contribution in [3.8, 4) is 11.3 Å². The van der Waals surface area contributed by atoms with E-state index in [1.165, 1.54) is 16.7 Å². The van der Waals surface area contributed by atoms with Crippen molar-refractivity contribution in [3.05, 3.63) is 70.1 Å². The third-order valence-electron chi connectivity index (χ3n) is 3.56. The number of rotatable bonds is 3. The van der Waals surface area contributed by atoms with Gasteiger partial charge in [-0.3, -0.25) is 10.1 Å². The molecule has 0 spiro atoms. The Kier molecular flexibility index (Phi) is 3.76. The van der Waals surface area contributed by atoms with E-state index in [9.17, 15) is 0 Å². The van der Waals surface area contributed by atoms with Crippen LogP contribution in [0.5, 0.6) is 0 Å². The highest BCUT2D eigenvalue weighted by Crippen LogP contribution is 2.26. The van der Waals surface area contributed by atoms with E-state index in [1.54, 1.807) is 12.4 Å². The number of aromatic nitrogens is 3. The van der Waals surface area contributed by atoms with Gasteiger partial charge in [0.15, 0.2) is 0 Å². The van der Waals surface area contributed by atoms with E-state index in [0.29, 0.717) is 5.02 Å². The second-order valence-corrected chi connectivity index (χ2v) is 5.65. The first-order valence-electron chi connectivity index (χ1n) is 6.84. The number of H-pyrrole nitrogens is 1. The largest absolute Gasteiger partial charge is 0.282 e. The van der Waals surface area contributed by atoms with Crippen LogP contribution in [0.4, 0.5) is 0 Å². The lowest BCUT2D eigenvalue weighted by molar-refractivity contribution is 0.990. The molecule has 0 aliphatic carbocycles. The number of hydrogen-bond donors (Lipinski definition) is 1. The Morgan fingerprint density at radius 1 is 1.14 bits per heavy atom. The molecule has 0 saturated heterocycles. The first-order valence-corrected chi connectivity index (χ1v) is 7.21. The summed E-state index contributed by atoms with van der Waals surface area (Å²) < 4.78 is 0. The summed E-state index contributed by atoms with van der Waals surface area (Å²) in [5.41, 5.74) is 6.70. The van der Waals surface area contributed by atoms with Gasteiger partial charge >= 0.3 is 0 Å². The van der Waals surface area contributed by atoms with Crippen molar-refractivity contribution in [2.75, 3.05) is 0 Å². The van der Waals surface area contributed by atoms with Crippen molar-refractivity contribution >= 4 is 11.6 Å². The molecule has 106 valence electrons. The maximum atomic E-state index is 6.16. The predicted octanol–water partition coefficient (Wildman–Crippen LogP) is 4.33. The summed E-state index contributed by atoms with van der Waals surface area (Å²) in [5, 5.41) is 8.07. The molecule has 0 radical (unpaired) electrons. The fraction of sp³-hybridized carbons (Fsp3) is 0.176.